The number of aryl methyl sites for hydroxylation is 1. The van der Waals surface area contributed by atoms with E-state index in [1.807, 2.05) is 36.2 Å². The lowest BCUT2D eigenvalue weighted by Crippen LogP contribution is -2.55. The lowest BCUT2D eigenvalue weighted by molar-refractivity contribution is -0.0811. The summed E-state index contributed by atoms with van der Waals surface area (Å²) in [6, 6.07) is 12.7. The Morgan fingerprint density at radius 1 is 1.10 bits per heavy atom. The average Bonchev–Trinajstić information content (AvgIpc) is 3.48. The van der Waals surface area contributed by atoms with E-state index in [-0.39, 0.29) is 5.60 Å². The highest BCUT2D eigenvalue weighted by Crippen LogP contribution is 2.51. The fourth-order valence-corrected chi connectivity index (χ4v) is 5.35. The minimum atomic E-state index is -0.207. The molecular formula is C24H26N6O. The Kier molecular flexibility index (Phi) is 4.14. The van der Waals surface area contributed by atoms with Gasteiger partial charge in [0.2, 0.25) is 5.88 Å². The Labute approximate surface area is 181 Å². The number of hydrogen-bond donors (Lipinski definition) is 0. The van der Waals surface area contributed by atoms with Crippen LogP contribution in [-0.4, -0.2) is 48.0 Å². The Morgan fingerprint density at radius 2 is 1.97 bits per heavy atom. The van der Waals surface area contributed by atoms with Gasteiger partial charge in [0.15, 0.2) is 0 Å². The third-order valence-electron chi connectivity index (χ3n) is 6.90. The van der Waals surface area contributed by atoms with E-state index in [9.17, 15) is 0 Å². The van der Waals surface area contributed by atoms with Gasteiger partial charge in [-0.15, -0.1) is 0 Å². The second kappa shape index (κ2) is 6.92. The first-order valence-electron chi connectivity index (χ1n) is 10.9. The SMILES string of the molecule is Cn1cc(-c2cn3nccc3c(O[C@]3(C)C[C@H]4CN(Cc5ccccc5)C[C@H]43)n2)cn1. The number of likely N-dealkylation sites (tertiary alicyclic amines) is 1. The molecule has 0 unspecified atom stereocenters. The van der Waals surface area contributed by atoms with Crippen molar-refractivity contribution in [3.05, 3.63) is 66.7 Å². The number of benzene rings is 1. The summed E-state index contributed by atoms with van der Waals surface area (Å²) in [6.45, 7) is 5.45. The minimum Gasteiger partial charge on any atom is -0.469 e. The fraction of sp³-hybridized carbons (Fsp3) is 0.375. The molecule has 2 aliphatic rings. The summed E-state index contributed by atoms with van der Waals surface area (Å²) in [5.41, 5.74) is 3.84. The van der Waals surface area contributed by atoms with Crippen LogP contribution in [0.25, 0.3) is 16.8 Å². The van der Waals surface area contributed by atoms with Crippen molar-refractivity contribution < 1.29 is 4.74 Å². The van der Waals surface area contributed by atoms with Gasteiger partial charge in [0.25, 0.3) is 0 Å². The van der Waals surface area contributed by atoms with Crippen molar-refractivity contribution in [3.63, 3.8) is 0 Å². The Morgan fingerprint density at radius 3 is 2.77 bits per heavy atom. The van der Waals surface area contributed by atoms with Crippen LogP contribution in [0.2, 0.25) is 0 Å². The smallest absolute Gasteiger partial charge is 0.241 e. The van der Waals surface area contributed by atoms with E-state index in [1.54, 1.807) is 10.9 Å². The number of hydrogen-bond acceptors (Lipinski definition) is 5. The number of rotatable bonds is 5. The maximum absolute atomic E-state index is 6.67. The molecule has 1 saturated heterocycles. The lowest BCUT2D eigenvalue weighted by Gasteiger charge is -2.48. The zero-order valence-corrected chi connectivity index (χ0v) is 17.8. The Balaban J connectivity index is 1.25. The van der Waals surface area contributed by atoms with Crippen LogP contribution in [0.5, 0.6) is 5.88 Å². The number of fused-ring (bicyclic) bond motifs is 2. The van der Waals surface area contributed by atoms with Crippen molar-refractivity contribution >= 4 is 5.52 Å². The quantitative estimate of drug-likeness (QED) is 0.501. The molecule has 7 heteroatoms. The van der Waals surface area contributed by atoms with Crippen LogP contribution in [0.15, 0.2) is 61.2 Å². The Hall–Kier alpha value is -3.19. The molecule has 0 bridgehead atoms. The number of ether oxygens (including phenoxy) is 1. The molecule has 1 aliphatic heterocycles. The topological polar surface area (TPSA) is 60.5 Å². The molecule has 1 saturated carbocycles. The van der Waals surface area contributed by atoms with E-state index >= 15 is 0 Å². The molecule has 1 aromatic carbocycles. The molecule has 158 valence electrons. The summed E-state index contributed by atoms with van der Waals surface area (Å²) in [5, 5.41) is 8.71. The van der Waals surface area contributed by atoms with Crippen molar-refractivity contribution in [3.8, 4) is 17.1 Å². The molecule has 0 spiro atoms. The second-order valence-electron chi connectivity index (χ2n) is 9.16. The highest BCUT2D eigenvalue weighted by molar-refractivity contribution is 5.63. The van der Waals surface area contributed by atoms with Crippen molar-refractivity contribution in [1.82, 2.24) is 29.3 Å². The molecule has 0 radical (unpaired) electrons. The third kappa shape index (κ3) is 3.20. The molecule has 0 N–H and O–H groups in total. The highest BCUT2D eigenvalue weighted by atomic mass is 16.5. The van der Waals surface area contributed by atoms with E-state index < -0.39 is 0 Å². The monoisotopic (exact) mass is 414 g/mol. The molecule has 0 amide bonds. The molecule has 3 aromatic heterocycles. The minimum absolute atomic E-state index is 0.207. The predicted molar refractivity (Wildman–Crippen MR) is 118 cm³/mol. The van der Waals surface area contributed by atoms with Crippen molar-refractivity contribution in [1.29, 1.82) is 0 Å². The summed E-state index contributed by atoms with van der Waals surface area (Å²) in [6.07, 6.45) is 8.56. The molecule has 4 heterocycles. The van der Waals surface area contributed by atoms with E-state index in [4.69, 9.17) is 9.72 Å². The fourth-order valence-electron chi connectivity index (χ4n) is 5.35. The van der Waals surface area contributed by atoms with Crippen LogP contribution in [0, 0.1) is 11.8 Å². The first-order chi connectivity index (χ1) is 15.1. The van der Waals surface area contributed by atoms with Gasteiger partial charge in [-0.3, -0.25) is 9.58 Å². The van der Waals surface area contributed by atoms with Gasteiger partial charge in [-0.25, -0.2) is 9.50 Å². The van der Waals surface area contributed by atoms with Crippen molar-refractivity contribution in [2.75, 3.05) is 13.1 Å². The average molecular weight is 415 g/mol. The van der Waals surface area contributed by atoms with Gasteiger partial charge in [0.1, 0.15) is 11.1 Å². The number of nitrogens with zero attached hydrogens (tertiary/aromatic N) is 6. The van der Waals surface area contributed by atoms with Crippen LogP contribution in [0.4, 0.5) is 0 Å². The van der Waals surface area contributed by atoms with E-state index in [0.717, 1.165) is 42.8 Å². The van der Waals surface area contributed by atoms with Gasteiger partial charge in [0, 0.05) is 44.4 Å². The number of aromatic nitrogens is 5. The molecule has 2 fully saturated rings. The summed E-state index contributed by atoms with van der Waals surface area (Å²) < 4.78 is 10.3. The first kappa shape index (κ1) is 18.6. The van der Waals surface area contributed by atoms with Crippen molar-refractivity contribution in [2.24, 2.45) is 18.9 Å². The summed E-state index contributed by atoms with van der Waals surface area (Å²) in [5.74, 6) is 1.86. The summed E-state index contributed by atoms with van der Waals surface area (Å²) in [4.78, 5) is 7.44. The van der Waals surface area contributed by atoms with E-state index in [0.29, 0.717) is 17.7 Å². The largest absolute Gasteiger partial charge is 0.469 e. The van der Waals surface area contributed by atoms with Gasteiger partial charge in [-0.05, 0) is 30.9 Å². The Bertz CT molecular complexity index is 1230. The van der Waals surface area contributed by atoms with Crippen LogP contribution < -0.4 is 4.74 Å². The highest BCUT2D eigenvalue weighted by Gasteiger charge is 2.57. The summed E-state index contributed by atoms with van der Waals surface area (Å²) >= 11 is 0. The second-order valence-corrected chi connectivity index (χ2v) is 9.16. The molecule has 6 rings (SSSR count). The van der Waals surface area contributed by atoms with Crippen molar-refractivity contribution in [2.45, 2.75) is 25.5 Å². The molecule has 4 aromatic rings. The van der Waals surface area contributed by atoms with Gasteiger partial charge in [0.05, 0.1) is 24.3 Å². The third-order valence-corrected chi connectivity index (χ3v) is 6.90. The molecule has 7 nitrogen and oxygen atoms in total. The normalized spacial score (nSPS) is 25.5. The first-order valence-corrected chi connectivity index (χ1v) is 10.9. The van der Waals surface area contributed by atoms with Gasteiger partial charge >= 0.3 is 0 Å². The van der Waals surface area contributed by atoms with Crippen LogP contribution in [0.3, 0.4) is 0 Å². The lowest BCUT2D eigenvalue weighted by atomic mass is 9.64. The maximum Gasteiger partial charge on any atom is 0.241 e. The molecular weight excluding hydrogens is 388 g/mol. The van der Waals surface area contributed by atoms with Crippen LogP contribution in [0.1, 0.15) is 18.9 Å². The van der Waals surface area contributed by atoms with Gasteiger partial charge in [-0.2, -0.15) is 10.2 Å². The van der Waals surface area contributed by atoms with E-state index in [2.05, 4.69) is 52.4 Å². The predicted octanol–water partition coefficient (Wildman–Crippen LogP) is 3.42. The standard InChI is InChI=1S/C24H26N6O/c1-24(10-18-14-29(15-20(18)24)12-17-6-4-3-5-7-17)31-23-22-8-9-25-30(22)16-21(27-23)19-11-26-28(2)13-19/h3-9,11,13,16,18,20H,10,12,14-15H2,1-2H3/t18-,20+,24+/m0/s1. The molecule has 3 atom stereocenters. The zero-order valence-electron chi connectivity index (χ0n) is 17.8. The van der Waals surface area contributed by atoms with Gasteiger partial charge < -0.3 is 4.74 Å². The molecule has 31 heavy (non-hydrogen) atoms. The summed E-state index contributed by atoms with van der Waals surface area (Å²) in [7, 11) is 1.91. The zero-order chi connectivity index (χ0) is 21.0. The van der Waals surface area contributed by atoms with Crippen LogP contribution >= 0.6 is 0 Å². The molecule has 1 aliphatic carbocycles. The maximum atomic E-state index is 6.67. The van der Waals surface area contributed by atoms with Crippen LogP contribution in [-0.2, 0) is 13.6 Å². The van der Waals surface area contributed by atoms with Gasteiger partial charge in [-0.1, -0.05) is 30.3 Å². The van der Waals surface area contributed by atoms with E-state index in [1.165, 1.54) is 5.56 Å².